The Hall–Kier alpha value is -0.900. The summed E-state index contributed by atoms with van der Waals surface area (Å²) in [5.41, 5.74) is 0. The Morgan fingerprint density at radius 2 is 1.90 bits per heavy atom. The first kappa shape index (κ1) is 9.10. The maximum absolute atomic E-state index is 10.4. The second-order valence-electron chi connectivity index (χ2n) is 1.63. The first-order chi connectivity index (χ1) is 4.70. The second kappa shape index (κ2) is 4.93. The molecular weight excluding hydrogens is 136 g/mol. The van der Waals surface area contributed by atoms with Crippen molar-refractivity contribution in [2.75, 3.05) is 13.7 Å². The van der Waals surface area contributed by atoms with Gasteiger partial charge in [0.25, 0.3) is 0 Å². The number of carbonyl (C=O) groups is 2. The molecule has 0 atom stereocenters. The molecule has 0 N–H and O–H groups in total. The minimum absolute atomic E-state index is 0.175. The first-order valence-electron chi connectivity index (χ1n) is 2.93. The number of hydrogen-bond donors (Lipinski definition) is 0. The van der Waals surface area contributed by atoms with Crippen molar-refractivity contribution >= 4 is 11.9 Å². The van der Waals surface area contributed by atoms with Gasteiger partial charge in [-0.3, -0.25) is 4.79 Å². The summed E-state index contributed by atoms with van der Waals surface area (Å²) >= 11 is 0. The van der Waals surface area contributed by atoms with Crippen LogP contribution in [0.3, 0.4) is 0 Å². The Morgan fingerprint density at radius 3 is 2.30 bits per heavy atom. The quantitative estimate of drug-likeness (QED) is 0.419. The molecule has 58 valence electrons. The van der Waals surface area contributed by atoms with Gasteiger partial charge in [0.2, 0.25) is 0 Å². The lowest BCUT2D eigenvalue weighted by Gasteiger charge is -1.97. The minimum atomic E-state index is -0.644. The zero-order valence-electron chi connectivity index (χ0n) is 6.05. The van der Waals surface area contributed by atoms with Crippen LogP contribution in [0.5, 0.6) is 0 Å². The largest absolute Gasteiger partial charge is 0.391 e. The van der Waals surface area contributed by atoms with E-state index in [9.17, 15) is 9.59 Å². The van der Waals surface area contributed by atoms with E-state index in [4.69, 9.17) is 0 Å². The number of carbonyl (C=O) groups excluding carboxylic acids is 2. The average Bonchev–Trinajstić information content (AvgIpc) is 1.88. The smallest absolute Gasteiger partial charge is 0.339 e. The molecule has 4 nitrogen and oxygen atoms in total. The molecule has 0 bridgehead atoms. The monoisotopic (exact) mass is 146 g/mol. The Bertz CT molecular complexity index is 130. The SMILES string of the molecule is CCC(=O)OC(=O)COC. The number of hydrogen-bond acceptors (Lipinski definition) is 4. The van der Waals surface area contributed by atoms with Crippen molar-refractivity contribution in [3.8, 4) is 0 Å². The van der Waals surface area contributed by atoms with Gasteiger partial charge in [0.15, 0.2) is 0 Å². The van der Waals surface area contributed by atoms with Crippen LogP contribution in [0.4, 0.5) is 0 Å². The van der Waals surface area contributed by atoms with Gasteiger partial charge in [0.05, 0.1) is 0 Å². The summed E-state index contributed by atoms with van der Waals surface area (Å²) in [4.78, 5) is 20.8. The number of rotatable bonds is 3. The van der Waals surface area contributed by atoms with Crippen LogP contribution in [0.1, 0.15) is 13.3 Å². The highest BCUT2D eigenvalue weighted by Gasteiger charge is 2.06. The molecule has 4 heteroatoms. The minimum Gasteiger partial charge on any atom is -0.391 e. The molecule has 0 saturated carbocycles. The van der Waals surface area contributed by atoms with Gasteiger partial charge in [-0.15, -0.1) is 0 Å². The molecule has 0 aliphatic rings. The summed E-state index contributed by atoms with van der Waals surface area (Å²) < 4.78 is 8.66. The zero-order valence-corrected chi connectivity index (χ0v) is 6.05. The summed E-state index contributed by atoms with van der Waals surface area (Å²) in [5, 5.41) is 0. The number of esters is 2. The van der Waals surface area contributed by atoms with Crippen molar-refractivity contribution in [1.82, 2.24) is 0 Å². The second-order valence-corrected chi connectivity index (χ2v) is 1.63. The molecular formula is C6H10O4. The van der Waals surface area contributed by atoms with Crippen molar-refractivity contribution in [1.29, 1.82) is 0 Å². The van der Waals surface area contributed by atoms with Crippen molar-refractivity contribution in [3.05, 3.63) is 0 Å². The van der Waals surface area contributed by atoms with E-state index in [1.54, 1.807) is 6.92 Å². The van der Waals surface area contributed by atoms with E-state index >= 15 is 0 Å². The highest BCUT2D eigenvalue weighted by Crippen LogP contribution is 1.85. The van der Waals surface area contributed by atoms with E-state index in [0.29, 0.717) is 0 Å². The molecule has 0 radical (unpaired) electrons. The maximum atomic E-state index is 10.4. The molecule has 10 heavy (non-hydrogen) atoms. The molecule has 0 amide bonds. The van der Waals surface area contributed by atoms with Gasteiger partial charge >= 0.3 is 11.9 Å². The van der Waals surface area contributed by atoms with E-state index in [1.807, 2.05) is 0 Å². The van der Waals surface area contributed by atoms with Crippen LogP contribution in [-0.2, 0) is 19.1 Å². The van der Waals surface area contributed by atoms with Crippen LogP contribution in [0.25, 0.3) is 0 Å². The van der Waals surface area contributed by atoms with Gasteiger partial charge in [-0.2, -0.15) is 0 Å². The fourth-order valence-electron chi connectivity index (χ4n) is 0.346. The Morgan fingerprint density at radius 1 is 1.30 bits per heavy atom. The normalized spacial score (nSPS) is 9.00. The third-order valence-electron chi connectivity index (χ3n) is 0.779. The molecule has 0 heterocycles. The van der Waals surface area contributed by atoms with Gasteiger partial charge in [-0.1, -0.05) is 6.92 Å². The topological polar surface area (TPSA) is 52.6 Å². The Kier molecular flexibility index (Phi) is 4.49. The standard InChI is InChI=1S/C6H10O4/c1-3-5(7)10-6(8)4-9-2/h3-4H2,1-2H3. The molecule has 0 aliphatic carbocycles. The summed E-state index contributed by atoms with van der Waals surface area (Å²) in [6.07, 6.45) is 0.204. The molecule has 0 spiro atoms. The lowest BCUT2D eigenvalue weighted by atomic mass is 10.5. The third kappa shape index (κ3) is 4.03. The van der Waals surface area contributed by atoms with Crippen LogP contribution < -0.4 is 0 Å². The van der Waals surface area contributed by atoms with Crippen LogP contribution in [-0.4, -0.2) is 25.7 Å². The van der Waals surface area contributed by atoms with Crippen molar-refractivity contribution < 1.29 is 19.1 Å². The van der Waals surface area contributed by atoms with E-state index in [-0.39, 0.29) is 13.0 Å². The van der Waals surface area contributed by atoms with Gasteiger partial charge in [-0.05, 0) is 0 Å². The zero-order chi connectivity index (χ0) is 7.98. The Balaban J connectivity index is 3.47. The van der Waals surface area contributed by atoms with Gasteiger partial charge < -0.3 is 9.47 Å². The van der Waals surface area contributed by atoms with E-state index < -0.39 is 11.9 Å². The molecule has 0 aromatic rings. The number of methoxy groups -OCH3 is 1. The first-order valence-corrected chi connectivity index (χ1v) is 2.93. The van der Waals surface area contributed by atoms with Crippen LogP contribution >= 0.6 is 0 Å². The fraction of sp³-hybridized carbons (Fsp3) is 0.667. The Labute approximate surface area is 59.1 Å². The van der Waals surface area contributed by atoms with E-state index in [0.717, 1.165) is 0 Å². The third-order valence-corrected chi connectivity index (χ3v) is 0.779. The highest BCUT2D eigenvalue weighted by atomic mass is 16.6. The molecule has 0 rings (SSSR count). The average molecular weight is 146 g/mol. The summed E-state index contributed by atoms with van der Waals surface area (Å²) in [6, 6.07) is 0. The predicted molar refractivity (Wildman–Crippen MR) is 33.3 cm³/mol. The summed E-state index contributed by atoms with van der Waals surface area (Å²) in [7, 11) is 1.36. The fourth-order valence-corrected chi connectivity index (χ4v) is 0.346. The highest BCUT2D eigenvalue weighted by molar-refractivity contribution is 5.85. The van der Waals surface area contributed by atoms with Crippen LogP contribution in [0.2, 0.25) is 0 Å². The molecule has 0 aliphatic heterocycles. The molecule has 0 saturated heterocycles. The van der Waals surface area contributed by atoms with Crippen molar-refractivity contribution in [2.24, 2.45) is 0 Å². The van der Waals surface area contributed by atoms with Gasteiger partial charge in [0, 0.05) is 13.5 Å². The van der Waals surface area contributed by atoms with E-state index in [1.165, 1.54) is 7.11 Å². The van der Waals surface area contributed by atoms with Crippen molar-refractivity contribution in [3.63, 3.8) is 0 Å². The maximum Gasteiger partial charge on any atom is 0.339 e. The van der Waals surface area contributed by atoms with E-state index in [2.05, 4.69) is 9.47 Å². The van der Waals surface area contributed by atoms with Gasteiger partial charge in [-0.25, -0.2) is 4.79 Å². The lowest BCUT2D eigenvalue weighted by molar-refractivity contribution is -0.161. The molecule has 0 fully saturated rings. The summed E-state index contributed by atoms with van der Waals surface area (Å²) in [6.45, 7) is 1.44. The molecule has 0 aromatic carbocycles. The number of ether oxygens (including phenoxy) is 2. The molecule has 0 aromatic heterocycles. The lowest BCUT2D eigenvalue weighted by Crippen LogP contribution is -2.15. The predicted octanol–water partition coefficient (Wildman–Crippen LogP) is 0.113. The van der Waals surface area contributed by atoms with Crippen LogP contribution in [0, 0.1) is 0 Å². The molecule has 0 unspecified atom stereocenters. The van der Waals surface area contributed by atoms with Gasteiger partial charge in [0.1, 0.15) is 6.61 Å². The van der Waals surface area contributed by atoms with Crippen LogP contribution in [0.15, 0.2) is 0 Å². The van der Waals surface area contributed by atoms with Crippen molar-refractivity contribution in [2.45, 2.75) is 13.3 Å². The summed E-state index contributed by atoms with van der Waals surface area (Å²) in [5.74, 6) is -1.17.